The summed E-state index contributed by atoms with van der Waals surface area (Å²) >= 11 is 0. The van der Waals surface area contributed by atoms with E-state index in [2.05, 4.69) is 4.52 Å². The van der Waals surface area contributed by atoms with Gasteiger partial charge in [0, 0.05) is 17.1 Å². The van der Waals surface area contributed by atoms with Crippen LogP contribution in [0.1, 0.15) is 6.92 Å². The summed E-state index contributed by atoms with van der Waals surface area (Å²) in [4.78, 5) is 15.9. The molecule has 1 radical (unpaired) electrons. The molecule has 0 rings (SSSR count). The van der Waals surface area contributed by atoms with Crippen LogP contribution in [-0.4, -0.2) is 16.4 Å². The van der Waals surface area contributed by atoms with Crippen LogP contribution in [-0.2, 0) is 21.6 Å². The van der Waals surface area contributed by atoms with Crippen molar-refractivity contribution in [2.45, 2.75) is 6.92 Å². The maximum atomic E-state index is 7.95. The van der Waals surface area contributed by atoms with Gasteiger partial charge in [-0.2, -0.15) is 0 Å². The third-order valence-electron chi connectivity index (χ3n) is 0.245. The maximum absolute atomic E-state index is 7.95. The molecule has 0 aromatic heterocycles. The van der Waals surface area contributed by atoms with Crippen LogP contribution in [0.4, 0.5) is 0 Å². The molecular formula is C2H7CuO3P. The van der Waals surface area contributed by atoms with Gasteiger partial charge >= 0.3 is 8.60 Å². The summed E-state index contributed by atoms with van der Waals surface area (Å²) in [7, 11) is -2.10. The Labute approximate surface area is 54.2 Å². The van der Waals surface area contributed by atoms with Crippen LogP contribution in [0.5, 0.6) is 0 Å². The molecule has 0 amide bonds. The van der Waals surface area contributed by atoms with Gasteiger partial charge in [0.25, 0.3) is 0 Å². The van der Waals surface area contributed by atoms with Gasteiger partial charge in [0.2, 0.25) is 0 Å². The molecule has 5 heteroatoms. The van der Waals surface area contributed by atoms with E-state index in [0.717, 1.165) is 0 Å². The van der Waals surface area contributed by atoms with Gasteiger partial charge < -0.3 is 14.3 Å². The molecule has 0 spiro atoms. The van der Waals surface area contributed by atoms with Crippen LogP contribution in [0.2, 0.25) is 0 Å². The van der Waals surface area contributed by atoms with Crippen molar-refractivity contribution in [2.75, 3.05) is 6.61 Å². The first-order valence-electron chi connectivity index (χ1n) is 1.58. The minimum Gasteiger partial charge on any atom is -0.328 e. The second-order valence-electron chi connectivity index (χ2n) is 0.671. The second-order valence-corrected chi connectivity index (χ2v) is 1.43. The first-order chi connectivity index (χ1) is 2.77. The van der Waals surface area contributed by atoms with E-state index in [1.807, 2.05) is 0 Å². The van der Waals surface area contributed by atoms with Crippen LogP contribution >= 0.6 is 8.60 Å². The number of hydrogen-bond acceptors (Lipinski definition) is 3. The van der Waals surface area contributed by atoms with Crippen LogP contribution in [0, 0.1) is 0 Å². The minimum absolute atomic E-state index is 0. The fraction of sp³-hybridized carbons (Fsp3) is 1.00. The Morgan fingerprint density at radius 2 is 2.00 bits per heavy atom. The molecule has 2 N–H and O–H groups in total. The van der Waals surface area contributed by atoms with Crippen LogP contribution < -0.4 is 0 Å². The molecule has 0 saturated carbocycles. The molecule has 0 aromatic carbocycles. The maximum Gasteiger partial charge on any atom is 0.327 e. The standard InChI is InChI=1S/C2H7O3P.Cu/c1-2-5-6(3)4;/h3-4H,2H2,1H3;. The van der Waals surface area contributed by atoms with Gasteiger partial charge in [-0.15, -0.1) is 0 Å². The Morgan fingerprint density at radius 1 is 1.57 bits per heavy atom. The fourth-order valence-electron chi connectivity index (χ4n) is 0.115. The minimum atomic E-state index is -2.10. The topological polar surface area (TPSA) is 49.7 Å². The molecule has 7 heavy (non-hydrogen) atoms. The molecule has 0 aliphatic carbocycles. The third kappa shape index (κ3) is 10.9. The molecule has 0 aliphatic heterocycles. The molecule has 0 heterocycles. The summed E-state index contributed by atoms with van der Waals surface area (Å²) in [5.74, 6) is 0. The fourth-order valence-corrected chi connectivity index (χ4v) is 0.346. The third-order valence-corrected chi connectivity index (χ3v) is 0.734. The molecule has 0 aliphatic rings. The van der Waals surface area contributed by atoms with E-state index in [1.54, 1.807) is 6.92 Å². The van der Waals surface area contributed by atoms with Crippen molar-refractivity contribution in [1.29, 1.82) is 0 Å². The summed E-state index contributed by atoms with van der Waals surface area (Å²) in [6, 6.07) is 0. The van der Waals surface area contributed by atoms with E-state index in [0.29, 0.717) is 6.61 Å². The van der Waals surface area contributed by atoms with Crippen LogP contribution in [0.3, 0.4) is 0 Å². The summed E-state index contributed by atoms with van der Waals surface area (Å²) in [6.45, 7) is 2.06. The van der Waals surface area contributed by atoms with Gasteiger partial charge in [-0.05, 0) is 6.92 Å². The second kappa shape index (κ2) is 6.83. The molecule has 0 fully saturated rings. The van der Waals surface area contributed by atoms with Gasteiger partial charge in [-0.25, -0.2) is 0 Å². The van der Waals surface area contributed by atoms with Gasteiger partial charge in [0.1, 0.15) is 0 Å². The zero-order valence-electron chi connectivity index (χ0n) is 3.76. The largest absolute Gasteiger partial charge is 0.328 e. The van der Waals surface area contributed by atoms with Gasteiger partial charge in [0.15, 0.2) is 0 Å². The van der Waals surface area contributed by atoms with E-state index in [1.165, 1.54) is 0 Å². The van der Waals surface area contributed by atoms with E-state index < -0.39 is 8.60 Å². The Balaban J connectivity index is 0. The summed E-state index contributed by atoms with van der Waals surface area (Å²) in [6.07, 6.45) is 0. The molecule has 0 unspecified atom stereocenters. The molecule has 0 aromatic rings. The molecule has 0 atom stereocenters. The van der Waals surface area contributed by atoms with Crippen molar-refractivity contribution in [3.05, 3.63) is 0 Å². The van der Waals surface area contributed by atoms with Crippen molar-refractivity contribution in [3.63, 3.8) is 0 Å². The van der Waals surface area contributed by atoms with E-state index in [-0.39, 0.29) is 17.1 Å². The Bertz CT molecular complexity index is 34.1. The predicted molar refractivity (Wildman–Crippen MR) is 23.0 cm³/mol. The van der Waals surface area contributed by atoms with E-state index in [4.69, 9.17) is 9.79 Å². The summed E-state index contributed by atoms with van der Waals surface area (Å²) in [5, 5.41) is 0. The smallest absolute Gasteiger partial charge is 0.327 e. The molecule has 49 valence electrons. The number of rotatable bonds is 2. The van der Waals surface area contributed by atoms with Crippen molar-refractivity contribution in [3.8, 4) is 0 Å². The van der Waals surface area contributed by atoms with Crippen LogP contribution in [0.15, 0.2) is 0 Å². The molecule has 0 saturated heterocycles. The van der Waals surface area contributed by atoms with Crippen molar-refractivity contribution < 1.29 is 31.4 Å². The van der Waals surface area contributed by atoms with Gasteiger partial charge in [-0.3, -0.25) is 0 Å². The van der Waals surface area contributed by atoms with Crippen LogP contribution in [0.25, 0.3) is 0 Å². The molecule has 0 bridgehead atoms. The molecule has 3 nitrogen and oxygen atoms in total. The van der Waals surface area contributed by atoms with Gasteiger partial charge in [-0.1, -0.05) is 0 Å². The van der Waals surface area contributed by atoms with Crippen molar-refractivity contribution in [2.24, 2.45) is 0 Å². The first kappa shape index (κ1) is 10.7. The average molecular weight is 174 g/mol. The monoisotopic (exact) mass is 173 g/mol. The zero-order valence-corrected chi connectivity index (χ0v) is 5.59. The van der Waals surface area contributed by atoms with Gasteiger partial charge in [0.05, 0.1) is 6.61 Å². The molecular weight excluding hydrogens is 167 g/mol. The Hall–Kier alpha value is 0.829. The summed E-state index contributed by atoms with van der Waals surface area (Å²) < 4.78 is 4.22. The number of hydrogen-bond donors (Lipinski definition) is 2. The first-order valence-corrected chi connectivity index (χ1v) is 2.74. The predicted octanol–water partition coefficient (Wildman–Crippen LogP) is 0.232. The average Bonchev–Trinajstić information content (AvgIpc) is 1.35. The summed E-state index contributed by atoms with van der Waals surface area (Å²) in [5.41, 5.74) is 0. The Kier molecular flexibility index (Phi) is 10.5. The van der Waals surface area contributed by atoms with E-state index in [9.17, 15) is 0 Å². The van der Waals surface area contributed by atoms with Crippen molar-refractivity contribution >= 4 is 8.60 Å². The normalized spacial score (nSPS) is 8.57. The quantitative estimate of drug-likeness (QED) is 0.465. The zero-order chi connectivity index (χ0) is 4.99. The SMILES string of the molecule is CCOP(O)O.[Cu]. The Morgan fingerprint density at radius 3 is 2.00 bits per heavy atom. The van der Waals surface area contributed by atoms with E-state index >= 15 is 0 Å². The van der Waals surface area contributed by atoms with Crippen molar-refractivity contribution in [1.82, 2.24) is 0 Å².